The van der Waals surface area contributed by atoms with Gasteiger partial charge in [0.25, 0.3) is 5.91 Å². The maximum absolute atomic E-state index is 11.7. The van der Waals surface area contributed by atoms with E-state index in [0.29, 0.717) is 22.9 Å². The van der Waals surface area contributed by atoms with E-state index in [4.69, 9.17) is 17.4 Å². The molecule has 1 rings (SSSR count). The van der Waals surface area contributed by atoms with Gasteiger partial charge in [-0.05, 0) is 20.2 Å². The Morgan fingerprint density at radius 1 is 1.59 bits per heavy atom. The summed E-state index contributed by atoms with van der Waals surface area (Å²) in [6, 6.07) is 1.52. The van der Waals surface area contributed by atoms with E-state index in [2.05, 4.69) is 15.7 Å². The molecule has 0 unspecified atom stereocenters. The molecule has 0 atom stereocenters. The number of anilines is 1. The molecule has 0 saturated heterocycles. The Bertz CT molecular complexity index is 396. The van der Waals surface area contributed by atoms with Crippen LogP contribution < -0.4 is 16.6 Å². The number of nitrogen functional groups attached to an aromatic ring is 1. The molecule has 0 spiro atoms. The fourth-order valence-electron chi connectivity index (χ4n) is 1.16. The first-order valence-corrected chi connectivity index (χ1v) is 5.47. The van der Waals surface area contributed by atoms with Crippen molar-refractivity contribution >= 4 is 23.3 Å². The van der Waals surface area contributed by atoms with Crippen LogP contribution in [0, 0.1) is 0 Å². The van der Waals surface area contributed by atoms with Gasteiger partial charge in [-0.3, -0.25) is 4.79 Å². The summed E-state index contributed by atoms with van der Waals surface area (Å²) in [4.78, 5) is 17.6. The number of likely N-dealkylation sites (N-methyl/N-ethyl adjacent to an activating group) is 1. The molecule has 0 fully saturated rings. The predicted octanol–water partition coefficient (Wildman–Crippen LogP) is 0.312. The molecule has 1 aromatic heterocycles. The summed E-state index contributed by atoms with van der Waals surface area (Å²) in [6.07, 6.45) is 1.42. The van der Waals surface area contributed by atoms with Crippen molar-refractivity contribution < 1.29 is 4.79 Å². The fourth-order valence-corrected chi connectivity index (χ4v) is 1.38. The van der Waals surface area contributed by atoms with Gasteiger partial charge in [0, 0.05) is 19.3 Å². The minimum absolute atomic E-state index is 0.204. The molecule has 0 radical (unpaired) electrons. The van der Waals surface area contributed by atoms with Gasteiger partial charge < -0.3 is 15.6 Å². The van der Waals surface area contributed by atoms with Crippen molar-refractivity contribution in [2.45, 2.75) is 0 Å². The Balaban J connectivity index is 2.60. The number of carbonyl (C=O) groups is 1. The van der Waals surface area contributed by atoms with Gasteiger partial charge >= 0.3 is 0 Å². The Morgan fingerprint density at radius 3 is 2.82 bits per heavy atom. The summed E-state index contributed by atoms with van der Waals surface area (Å²) < 4.78 is 0. The molecule has 4 N–H and O–H groups in total. The van der Waals surface area contributed by atoms with Gasteiger partial charge in [0.05, 0.1) is 10.6 Å². The second-order valence-corrected chi connectivity index (χ2v) is 4.17. The van der Waals surface area contributed by atoms with E-state index in [1.165, 1.54) is 12.3 Å². The molecular formula is C10H16ClN5O. The molecule has 0 saturated carbocycles. The molecule has 0 aromatic carbocycles. The van der Waals surface area contributed by atoms with Crippen LogP contribution in [0.3, 0.4) is 0 Å². The van der Waals surface area contributed by atoms with Crippen LogP contribution in [-0.2, 0) is 0 Å². The first-order chi connectivity index (χ1) is 8.04. The Morgan fingerprint density at radius 2 is 2.29 bits per heavy atom. The van der Waals surface area contributed by atoms with Crippen molar-refractivity contribution in [3.05, 3.63) is 22.8 Å². The monoisotopic (exact) mass is 257 g/mol. The lowest BCUT2D eigenvalue weighted by molar-refractivity contribution is 0.0950. The number of rotatable bonds is 5. The van der Waals surface area contributed by atoms with E-state index in [1.807, 2.05) is 19.0 Å². The minimum atomic E-state index is -0.204. The van der Waals surface area contributed by atoms with Crippen molar-refractivity contribution in [2.75, 3.05) is 32.6 Å². The van der Waals surface area contributed by atoms with Crippen molar-refractivity contribution in [3.8, 4) is 0 Å². The van der Waals surface area contributed by atoms with Crippen LogP contribution >= 0.6 is 11.6 Å². The average molecular weight is 258 g/mol. The highest BCUT2D eigenvalue weighted by atomic mass is 35.5. The number of hydrogen-bond acceptors (Lipinski definition) is 5. The third-order valence-electron chi connectivity index (χ3n) is 2.08. The number of halogens is 1. The van der Waals surface area contributed by atoms with Gasteiger partial charge in [0.1, 0.15) is 0 Å². The molecule has 17 heavy (non-hydrogen) atoms. The van der Waals surface area contributed by atoms with Gasteiger partial charge in [0.15, 0.2) is 5.82 Å². The maximum atomic E-state index is 11.7. The molecule has 0 aliphatic rings. The van der Waals surface area contributed by atoms with Crippen molar-refractivity contribution in [1.29, 1.82) is 0 Å². The fraction of sp³-hybridized carbons (Fsp3) is 0.400. The van der Waals surface area contributed by atoms with Gasteiger partial charge in [-0.2, -0.15) is 0 Å². The lowest BCUT2D eigenvalue weighted by Crippen LogP contribution is -2.31. The molecule has 6 nitrogen and oxygen atoms in total. The number of carbonyl (C=O) groups excluding carboxylic acids is 1. The highest BCUT2D eigenvalue weighted by Gasteiger charge is 2.08. The number of amides is 1. The van der Waals surface area contributed by atoms with E-state index in [0.717, 1.165) is 6.54 Å². The summed E-state index contributed by atoms with van der Waals surface area (Å²) in [5.74, 6) is 5.33. The summed E-state index contributed by atoms with van der Waals surface area (Å²) in [5, 5.41) is 3.08. The number of hydrazine groups is 1. The second kappa shape index (κ2) is 6.39. The Hall–Kier alpha value is -1.37. The Kier molecular flexibility index (Phi) is 5.14. The summed E-state index contributed by atoms with van der Waals surface area (Å²) in [5.41, 5.74) is 2.75. The number of pyridine rings is 1. The van der Waals surface area contributed by atoms with E-state index in [-0.39, 0.29) is 5.91 Å². The lowest BCUT2D eigenvalue weighted by Gasteiger charge is -2.10. The van der Waals surface area contributed by atoms with Crippen LogP contribution in [0.25, 0.3) is 0 Å². The smallest absolute Gasteiger partial charge is 0.252 e. The van der Waals surface area contributed by atoms with Crippen LogP contribution in [0.15, 0.2) is 12.3 Å². The summed E-state index contributed by atoms with van der Waals surface area (Å²) in [6.45, 7) is 1.34. The molecule has 7 heteroatoms. The minimum Gasteiger partial charge on any atom is -0.351 e. The maximum Gasteiger partial charge on any atom is 0.252 e. The van der Waals surface area contributed by atoms with E-state index in [1.54, 1.807) is 0 Å². The zero-order valence-electron chi connectivity index (χ0n) is 9.83. The normalized spacial score (nSPS) is 10.4. The summed E-state index contributed by atoms with van der Waals surface area (Å²) >= 11 is 5.86. The number of nitrogens with one attached hydrogen (secondary N) is 2. The van der Waals surface area contributed by atoms with E-state index < -0.39 is 0 Å². The largest absolute Gasteiger partial charge is 0.351 e. The lowest BCUT2D eigenvalue weighted by atomic mass is 10.2. The highest BCUT2D eigenvalue weighted by molar-refractivity contribution is 6.33. The third-order valence-corrected chi connectivity index (χ3v) is 2.37. The van der Waals surface area contributed by atoms with Crippen LogP contribution in [-0.4, -0.2) is 43.0 Å². The third kappa shape index (κ3) is 4.18. The summed E-state index contributed by atoms with van der Waals surface area (Å²) in [7, 11) is 3.87. The van der Waals surface area contributed by atoms with Crippen molar-refractivity contribution in [1.82, 2.24) is 15.2 Å². The first-order valence-electron chi connectivity index (χ1n) is 5.09. The van der Waals surface area contributed by atoms with E-state index in [9.17, 15) is 4.79 Å². The van der Waals surface area contributed by atoms with Crippen LogP contribution in [0.1, 0.15) is 10.4 Å². The molecule has 1 heterocycles. The first kappa shape index (κ1) is 13.7. The SMILES string of the molecule is CN(C)CCNC(=O)c1cnc(NN)c(Cl)c1. The van der Waals surface area contributed by atoms with Crippen LogP contribution in [0.4, 0.5) is 5.82 Å². The van der Waals surface area contributed by atoms with Crippen LogP contribution in [0.5, 0.6) is 0 Å². The standard InChI is InChI=1S/C10H16ClN5O/c1-16(2)4-3-13-10(17)7-5-8(11)9(15-12)14-6-7/h5-6H,3-4,12H2,1-2H3,(H,13,17)(H,14,15). The van der Waals surface area contributed by atoms with Gasteiger partial charge in [-0.1, -0.05) is 11.6 Å². The average Bonchev–Trinajstić information content (AvgIpc) is 2.28. The highest BCUT2D eigenvalue weighted by Crippen LogP contribution is 2.18. The molecule has 0 aliphatic heterocycles. The zero-order valence-corrected chi connectivity index (χ0v) is 10.6. The van der Waals surface area contributed by atoms with Gasteiger partial charge in [0.2, 0.25) is 0 Å². The zero-order chi connectivity index (χ0) is 12.8. The quantitative estimate of drug-likeness (QED) is 0.522. The number of hydrogen-bond donors (Lipinski definition) is 3. The number of nitrogens with zero attached hydrogens (tertiary/aromatic N) is 2. The van der Waals surface area contributed by atoms with Gasteiger partial charge in [-0.15, -0.1) is 0 Å². The molecule has 1 amide bonds. The molecule has 0 bridgehead atoms. The van der Waals surface area contributed by atoms with Crippen molar-refractivity contribution in [2.24, 2.45) is 5.84 Å². The topological polar surface area (TPSA) is 83.3 Å². The Labute approximate surface area is 105 Å². The molecule has 0 aliphatic carbocycles. The van der Waals surface area contributed by atoms with Gasteiger partial charge in [-0.25, -0.2) is 10.8 Å². The second-order valence-electron chi connectivity index (χ2n) is 3.76. The number of nitrogens with two attached hydrogens (primary N) is 1. The van der Waals surface area contributed by atoms with E-state index >= 15 is 0 Å². The molecule has 1 aromatic rings. The van der Waals surface area contributed by atoms with Crippen LogP contribution in [0.2, 0.25) is 5.02 Å². The number of aromatic nitrogens is 1. The molecular weight excluding hydrogens is 242 g/mol. The predicted molar refractivity (Wildman–Crippen MR) is 67.9 cm³/mol. The molecule has 94 valence electrons. The van der Waals surface area contributed by atoms with Crippen molar-refractivity contribution in [3.63, 3.8) is 0 Å².